The summed E-state index contributed by atoms with van der Waals surface area (Å²) in [5.74, 6) is -1.51. The second kappa shape index (κ2) is 7.98. The van der Waals surface area contributed by atoms with Gasteiger partial charge in [0.2, 0.25) is 0 Å². The third-order valence-electron chi connectivity index (χ3n) is 4.36. The van der Waals surface area contributed by atoms with Crippen LogP contribution in [0.3, 0.4) is 0 Å². The third kappa shape index (κ3) is 4.83. The summed E-state index contributed by atoms with van der Waals surface area (Å²) < 4.78 is 6.44. The molecule has 2 N–H and O–H groups in total. The summed E-state index contributed by atoms with van der Waals surface area (Å²) in [6.07, 6.45) is 3.48. The van der Waals surface area contributed by atoms with E-state index in [1.807, 2.05) is 6.07 Å². The van der Waals surface area contributed by atoms with Crippen molar-refractivity contribution < 1.29 is 29.3 Å². The molecule has 1 aromatic carbocycles. The van der Waals surface area contributed by atoms with E-state index in [2.05, 4.69) is 4.98 Å². The lowest BCUT2D eigenvalue weighted by Gasteiger charge is -2.19. The van der Waals surface area contributed by atoms with Gasteiger partial charge in [-0.25, -0.2) is 9.59 Å². The van der Waals surface area contributed by atoms with Gasteiger partial charge >= 0.3 is 18.0 Å². The van der Waals surface area contributed by atoms with Crippen LogP contribution in [0.15, 0.2) is 42.9 Å². The molecule has 0 unspecified atom stereocenters. The maximum absolute atomic E-state index is 12.3. The van der Waals surface area contributed by atoms with Crippen molar-refractivity contribution in [3.05, 3.63) is 65.1 Å². The maximum atomic E-state index is 12.3. The van der Waals surface area contributed by atoms with E-state index in [1.165, 1.54) is 12.4 Å². The summed E-state index contributed by atoms with van der Waals surface area (Å²) >= 11 is 0. The molecule has 2 heterocycles. The second-order valence-electron chi connectivity index (χ2n) is 7.99. The SMILES string of the molecule is CC(C)(C)OC(=O)Cc1cn(C(=O)O)c2ccc(Cc3cncc(C(=O)O)c3)cc12. The first-order valence-corrected chi connectivity index (χ1v) is 9.29. The molecule has 0 radical (unpaired) electrons. The van der Waals surface area contributed by atoms with Gasteiger partial charge in [0.25, 0.3) is 0 Å². The molecule has 0 fully saturated rings. The van der Waals surface area contributed by atoms with Gasteiger partial charge in [0.1, 0.15) is 5.60 Å². The number of aromatic carboxylic acids is 1. The highest BCUT2D eigenvalue weighted by Gasteiger charge is 2.20. The molecule has 156 valence electrons. The molecule has 0 saturated heterocycles. The Kier molecular flexibility index (Phi) is 5.60. The summed E-state index contributed by atoms with van der Waals surface area (Å²) in [6, 6.07) is 6.80. The van der Waals surface area contributed by atoms with Crippen LogP contribution in [0.25, 0.3) is 10.9 Å². The third-order valence-corrected chi connectivity index (χ3v) is 4.36. The van der Waals surface area contributed by atoms with Crippen LogP contribution < -0.4 is 0 Å². The molecule has 0 aliphatic heterocycles. The van der Waals surface area contributed by atoms with Crippen molar-refractivity contribution in [2.45, 2.75) is 39.2 Å². The minimum absolute atomic E-state index is 0.0619. The molecule has 0 aliphatic rings. The average Bonchev–Trinajstić information content (AvgIpc) is 2.98. The van der Waals surface area contributed by atoms with Crippen molar-refractivity contribution in [1.29, 1.82) is 0 Å². The molecule has 3 aromatic rings. The maximum Gasteiger partial charge on any atom is 0.416 e. The van der Waals surface area contributed by atoms with Crippen molar-refractivity contribution >= 4 is 28.9 Å². The monoisotopic (exact) mass is 410 g/mol. The van der Waals surface area contributed by atoms with Crippen LogP contribution in [0.5, 0.6) is 0 Å². The number of nitrogens with zero attached hydrogens (tertiary/aromatic N) is 2. The summed E-state index contributed by atoms with van der Waals surface area (Å²) in [6.45, 7) is 5.30. The number of rotatable bonds is 5. The zero-order valence-corrected chi connectivity index (χ0v) is 16.9. The Bertz CT molecular complexity index is 1140. The smallest absolute Gasteiger partial charge is 0.416 e. The van der Waals surface area contributed by atoms with Crippen molar-refractivity contribution in [3.63, 3.8) is 0 Å². The zero-order chi connectivity index (χ0) is 22.1. The number of carboxylic acids is 1. The first-order chi connectivity index (χ1) is 14.0. The highest BCUT2D eigenvalue weighted by atomic mass is 16.6. The Labute approximate surface area is 172 Å². The number of hydrogen-bond acceptors (Lipinski definition) is 5. The lowest BCUT2D eigenvalue weighted by atomic mass is 10.0. The molecular weight excluding hydrogens is 388 g/mol. The van der Waals surface area contributed by atoms with Gasteiger partial charge in [0.15, 0.2) is 0 Å². The molecule has 2 aromatic heterocycles. The molecule has 8 heteroatoms. The highest BCUT2D eigenvalue weighted by Crippen LogP contribution is 2.25. The first-order valence-electron chi connectivity index (χ1n) is 9.29. The van der Waals surface area contributed by atoms with E-state index in [9.17, 15) is 19.5 Å². The molecule has 0 spiro atoms. The average molecular weight is 410 g/mol. The van der Waals surface area contributed by atoms with Crippen LogP contribution in [-0.2, 0) is 22.4 Å². The lowest BCUT2D eigenvalue weighted by Crippen LogP contribution is -2.24. The van der Waals surface area contributed by atoms with Gasteiger partial charge in [0.05, 0.1) is 17.5 Å². The summed E-state index contributed by atoms with van der Waals surface area (Å²) in [5, 5.41) is 19.2. The fraction of sp³-hybridized carbons (Fsp3) is 0.273. The van der Waals surface area contributed by atoms with Gasteiger partial charge in [-0.05, 0) is 62.1 Å². The Morgan fingerprint density at radius 3 is 2.43 bits per heavy atom. The quantitative estimate of drug-likeness (QED) is 0.615. The van der Waals surface area contributed by atoms with E-state index in [4.69, 9.17) is 9.84 Å². The number of carboxylic acid groups (broad SMARTS) is 2. The Balaban J connectivity index is 1.97. The second-order valence-corrected chi connectivity index (χ2v) is 7.99. The number of aromatic nitrogens is 2. The lowest BCUT2D eigenvalue weighted by molar-refractivity contribution is -0.153. The van der Waals surface area contributed by atoms with Gasteiger partial charge in [0, 0.05) is 24.0 Å². The molecule has 0 aliphatic carbocycles. The van der Waals surface area contributed by atoms with Gasteiger partial charge in [-0.2, -0.15) is 0 Å². The van der Waals surface area contributed by atoms with Crippen LogP contribution in [0, 0.1) is 0 Å². The van der Waals surface area contributed by atoms with E-state index in [-0.39, 0.29) is 12.0 Å². The Morgan fingerprint density at radius 1 is 1.07 bits per heavy atom. The summed E-state index contributed by atoms with van der Waals surface area (Å²) in [5.41, 5.74) is 2.00. The number of esters is 1. The number of ether oxygens (including phenoxy) is 1. The topological polar surface area (TPSA) is 119 Å². The van der Waals surface area contributed by atoms with Crippen LogP contribution in [0.4, 0.5) is 4.79 Å². The number of fused-ring (bicyclic) bond motifs is 1. The zero-order valence-electron chi connectivity index (χ0n) is 16.9. The predicted molar refractivity (Wildman–Crippen MR) is 109 cm³/mol. The number of benzene rings is 1. The molecule has 0 atom stereocenters. The van der Waals surface area contributed by atoms with E-state index >= 15 is 0 Å². The fourth-order valence-electron chi connectivity index (χ4n) is 3.22. The molecule has 0 bridgehead atoms. The van der Waals surface area contributed by atoms with Crippen LogP contribution in [-0.4, -0.2) is 43.4 Å². The van der Waals surface area contributed by atoms with Crippen LogP contribution in [0.1, 0.15) is 47.8 Å². The largest absolute Gasteiger partial charge is 0.478 e. The number of carbonyl (C=O) groups excluding carboxylic acids is 1. The van der Waals surface area contributed by atoms with Gasteiger partial charge in [-0.3, -0.25) is 14.3 Å². The molecular formula is C22H22N2O6. The molecule has 30 heavy (non-hydrogen) atoms. The van der Waals surface area contributed by atoms with E-state index in [0.717, 1.165) is 10.1 Å². The normalized spacial score (nSPS) is 11.4. The Morgan fingerprint density at radius 2 is 1.80 bits per heavy atom. The van der Waals surface area contributed by atoms with Crippen molar-refractivity contribution in [3.8, 4) is 0 Å². The minimum atomic E-state index is -1.15. The van der Waals surface area contributed by atoms with E-state index < -0.39 is 23.6 Å². The molecule has 3 rings (SSSR count). The number of carbonyl (C=O) groups is 3. The number of pyridine rings is 1. The van der Waals surface area contributed by atoms with Crippen molar-refractivity contribution in [2.24, 2.45) is 0 Å². The van der Waals surface area contributed by atoms with Gasteiger partial charge in [-0.15, -0.1) is 0 Å². The fourth-order valence-corrected chi connectivity index (χ4v) is 3.22. The highest BCUT2D eigenvalue weighted by molar-refractivity contribution is 5.94. The predicted octanol–water partition coefficient (Wildman–Crippen LogP) is 3.74. The van der Waals surface area contributed by atoms with Gasteiger partial charge < -0.3 is 14.9 Å². The summed E-state index contributed by atoms with van der Waals surface area (Å²) in [7, 11) is 0. The molecule has 8 nitrogen and oxygen atoms in total. The van der Waals surface area contributed by atoms with Crippen LogP contribution in [0.2, 0.25) is 0 Å². The van der Waals surface area contributed by atoms with E-state index in [0.29, 0.717) is 28.5 Å². The summed E-state index contributed by atoms with van der Waals surface area (Å²) in [4.78, 5) is 39.0. The van der Waals surface area contributed by atoms with Gasteiger partial charge in [-0.1, -0.05) is 6.07 Å². The molecule has 0 saturated carbocycles. The molecule has 0 amide bonds. The minimum Gasteiger partial charge on any atom is -0.478 e. The Hall–Kier alpha value is -3.68. The van der Waals surface area contributed by atoms with Crippen molar-refractivity contribution in [2.75, 3.05) is 0 Å². The van der Waals surface area contributed by atoms with Crippen LogP contribution >= 0.6 is 0 Å². The standard InChI is InChI=1S/C22H22N2O6/c1-22(2,3)30-19(25)9-16-12-24(21(28)29)18-5-4-13(8-17(16)18)6-14-7-15(20(26)27)11-23-10-14/h4-5,7-8,10-12H,6,9H2,1-3H3,(H,26,27)(H,28,29). The van der Waals surface area contributed by atoms with Crippen molar-refractivity contribution in [1.82, 2.24) is 9.55 Å². The first kappa shape index (κ1) is 21.0. The van der Waals surface area contributed by atoms with E-state index in [1.54, 1.807) is 45.2 Å². The number of hydrogen-bond donors (Lipinski definition) is 2.